The van der Waals surface area contributed by atoms with Crippen molar-refractivity contribution in [1.29, 1.82) is 0 Å². The molecule has 0 N–H and O–H groups in total. The summed E-state index contributed by atoms with van der Waals surface area (Å²) in [6.07, 6.45) is 0. The van der Waals surface area contributed by atoms with E-state index < -0.39 is 0 Å². The van der Waals surface area contributed by atoms with Crippen LogP contribution in [0.3, 0.4) is 0 Å². The van der Waals surface area contributed by atoms with Gasteiger partial charge in [0.15, 0.2) is 0 Å². The molecule has 0 aliphatic heterocycles. The Morgan fingerprint density at radius 1 is 0.279 bits per heavy atom. The fourth-order valence-electron chi connectivity index (χ4n) is 9.95. The third kappa shape index (κ3) is 6.97. The van der Waals surface area contributed by atoms with Gasteiger partial charge in [-0.25, -0.2) is 0 Å². The number of rotatable bonds is 8. The third-order valence-corrected chi connectivity index (χ3v) is 14.8. The van der Waals surface area contributed by atoms with Gasteiger partial charge in [0.2, 0.25) is 0 Å². The molecule has 0 radical (unpaired) electrons. The first-order valence-corrected chi connectivity index (χ1v) is 24.5. The summed E-state index contributed by atoms with van der Waals surface area (Å²) in [6.45, 7) is 0. The van der Waals surface area contributed by atoms with Gasteiger partial charge in [0.1, 0.15) is 5.58 Å². The van der Waals surface area contributed by atoms with Crippen LogP contribution in [0.15, 0.2) is 239 Å². The summed E-state index contributed by atoms with van der Waals surface area (Å²) < 4.78 is 15.8. The average Bonchev–Trinajstić information content (AvgIpc) is 3.93. The molecular formula is C62H40N2O2Se2. The van der Waals surface area contributed by atoms with Gasteiger partial charge < -0.3 is 4.42 Å². The van der Waals surface area contributed by atoms with Crippen LogP contribution >= 0.6 is 0 Å². The van der Waals surface area contributed by atoms with Crippen LogP contribution in [-0.4, -0.2) is 32.0 Å². The summed E-state index contributed by atoms with van der Waals surface area (Å²) in [5.74, 6) is 0. The monoisotopic (exact) mass is 1000 g/mol. The SMILES string of the molecule is [SeH]c1ccccc1-c1ccc(N(c2ccccc2)c2ccc3cc4c(cc3c2)oc2ccc3oc5cc6cc(N(c7ccccc7)c7ccc(-c8ccccc8)c([SeH])c7)ccc6cc5c3c24)cc1. The van der Waals surface area contributed by atoms with Crippen LogP contribution in [0.4, 0.5) is 34.1 Å². The van der Waals surface area contributed by atoms with Gasteiger partial charge in [0.05, 0.1) is 0 Å². The minimum atomic E-state index is 0.838. The van der Waals surface area contributed by atoms with Crippen LogP contribution in [0.5, 0.6) is 0 Å². The molecule has 0 spiro atoms. The van der Waals surface area contributed by atoms with Gasteiger partial charge >= 0.3 is 390 Å². The summed E-state index contributed by atoms with van der Waals surface area (Å²) in [6, 6.07) is 82.2. The molecule has 11 aromatic carbocycles. The standard InChI is InChI=1S/C62H40N2O2Se2/c67-59-19-11-10-18-51(59)40-20-24-47(25-21-40)63(45-14-6-2-7-15-45)48-26-22-41-34-53-57(36-43(41)32-48)65-55-30-31-56-62(61(53)55)54-35-42-23-27-49(33-44(42)37-58(54)66-56)64(46-16-8-3-9-17-46)50-28-29-52(60(68)38-50)39-12-4-1-5-13-39/h1-38,67-68H. The number of benzene rings is 11. The second kappa shape index (κ2) is 16.5. The molecule has 13 rings (SSSR count). The molecule has 6 heteroatoms. The van der Waals surface area contributed by atoms with E-state index in [-0.39, 0.29) is 0 Å². The summed E-state index contributed by atoms with van der Waals surface area (Å²) >= 11 is 5.45. The molecule has 0 amide bonds. The molecule has 0 fully saturated rings. The van der Waals surface area contributed by atoms with Gasteiger partial charge in [0, 0.05) is 5.39 Å². The maximum absolute atomic E-state index is 6.72. The third-order valence-electron chi connectivity index (χ3n) is 13.2. The number of fused-ring (bicyclic) bond motifs is 9. The Morgan fingerprint density at radius 2 is 0.706 bits per heavy atom. The first-order chi connectivity index (χ1) is 33.5. The van der Waals surface area contributed by atoms with E-state index in [2.05, 4.69) is 260 Å². The van der Waals surface area contributed by atoms with Gasteiger partial charge in [-0.2, -0.15) is 0 Å². The predicted molar refractivity (Wildman–Crippen MR) is 290 cm³/mol. The molecular weight excluding hydrogens is 963 g/mol. The Hall–Kier alpha value is -7.82. The van der Waals surface area contributed by atoms with Crippen molar-refractivity contribution in [3.05, 3.63) is 231 Å². The van der Waals surface area contributed by atoms with E-state index in [1.54, 1.807) is 0 Å². The van der Waals surface area contributed by atoms with Crippen molar-refractivity contribution in [2.75, 3.05) is 9.80 Å². The van der Waals surface area contributed by atoms with E-state index in [1.807, 2.05) is 12.1 Å². The zero-order chi connectivity index (χ0) is 45.3. The van der Waals surface area contributed by atoms with Crippen molar-refractivity contribution in [2.24, 2.45) is 0 Å². The molecule has 4 nitrogen and oxygen atoms in total. The average molecular weight is 1000 g/mol. The van der Waals surface area contributed by atoms with E-state index in [4.69, 9.17) is 8.83 Å². The first-order valence-electron chi connectivity index (χ1n) is 22.7. The van der Waals surface area contributed by atoms with Crippen LogP contribution in [0.2, 0.25) is 0 Å². The van der Waals surface area contributed by atoms with Gasteiger partial charge in [-0.15, -0.1) is 0 Å². The summed E-state index contributed by atoms with van der Waals surface area (Å²) in [5.41, 5.74) is 14.7. The second-order valence-electron chi connectivity index (χ2n) is 17.2. The first kappa shape index (κ1) is 40.5. The molecule has 0 saturated heterocycles. The Bertz CT molecular complexity index is 4050. The van der Waals surface area contributed by atoms with Gasteiger partial charge in [-0.1, -0.05) is 0 Å². The van der Waals surface area contributed by atoms with Gasteiger partial charge in [-0.3, -0.25) is 0 Å². The number of hydrogen-bond donors (Lipinski definition) is 0. The van der Waals surface area contributed by atoms with Crippen molar-refractivity contribution in [3.63, 3.8) is 0 Å². The summed E-state index contributed by atoms with van der Waals surface area (Å²) in [5, 5.41) is 8.76. The minimum absolute atomic E-state index is 0.838. The van der Waals surface area contributed by atoms with E-state index in [0.29, 0.717) is 0 Å². The Balaban J connectivity index is 0.895. The van der Waals surface area contributed by atoms with Crippen molar-refractivity contribution >= 4 is 140 Å². The zero-order valence-electron chi connectivity index (χ0n) is 36.5. The topological polar surface area (TPSA) is 32.8 Å². The molecule has 68 heavy (non-hydrogen) atoms. The fourth-order valence-corrected chi connectivity index (χ4v) is 11.3. The molecule has 0 bridgehead atoms. The normalized spacial score (nSPS) is 11.7. The van der Waals surface area contributed by atoms with Crippen LogP contribution < -0.4 is 18.7 Å². The van der Waals surface area contributed by atoms with Crippen molar-refractivity contribution in [2.45, 2.75) is 0 Å². The Morgan fingerprint density at radius 3 is 1.25 bits per heavy atom. The van der Waals surface area contributed by atoms with E-state index in [0.717, 1.165) is 104 Å². The second-order valence-corrected chi connectivity index (χ2v) is 19.3. The Labute approximate surface area is 409 Å². The zero-order valence-corrected chi connectivity index (χ0v) is 40.3. The van der Waals surface area contributed by atoms with E-state index in [1.165, 1.54) is 26.7 Å². The molecule has 322 valence electrons. The molecule has 2 aromatic heterocycles. The van der Waals surface area contributed by atoms with Crippen LogP contribution in [0.1, 0.15) is 0 Å². The van der Waals surface area contributed by atoms with Crippen LogP contribution in [-0.2, 0) is 0 Å². The number of nitrogens with zero attached hydrogens (tertiary/aromatic N) is 2. The number of para-hydroxylation sites is 2. The predicted octanol–water partition coefficient (Wildman–Crippen LogP) is 15.1. The molecule has 0 aliphatic carbocycles. The number of anilines is 6. The van der Waals surface area contributed by atoms with Gasteiger partial charge in [0.25, 0.3) is 0 Å². The van der Waals surface area contributed by atoms with Crippen molar-refractivity contribution in [1.82, 2.24) is 0 Å². The summed E-state index contributed by atoms with van der Waals surface area (Å²) in [7, 11) is 0. The van der Waals surface area contributed by atoms with Crippen LogP contribution in [0.25, 0.3) is 87.7 Å². The fraction of sp³-hybridized carbons (Fsp3) is 0. The molecule has 0 atom stereocenters. The maximum atomic E-state index is 6.72. The Kier molecular flexibility index (Phi) is 9.82. The molecule has 2 heterocycles. The van der Waals surface area contributed by atoms with Crippen LogP contribution in [0, 0.1) is 0 Å². The quantitative estimate of drug-likeness (QED) is 0.142. The van der Waals surface area contributed by atoms with E-state index in [9.17, 15) is 0 Å². The number of furan rings is 2. The molecule has 0 saturated carbocycles. The number of hydrogen-bond acceptors (Lipinski definition) is 4. The molecule has 0 unspecified atom stereocenters. The van der Waals surface area contributed by atoms with Gasteiger partial charge in [-0.05, 0) is 6.07 Å². The van der Waals surface area contributed by atoms with Crippen molar-refractivity contribution in [3.8, 4) is 22.3 Å². The van der Waals surface area contributed by atoms with E-state index >= 15 is 0 Å². The summed E-state index contributed by atoms with van der Waals surface area (Å²) in [4.78, 5) is 4.64. The molecule has 0 aliphatic rings. The molecule has 13 aromatic rings. The van der Waals surface area contributed by atoms with Crippen molar-refractivity contribution < 1.29 is 8.83 Å².